The number of hydrogen-bond donors (Lipinski definition) is 3. The van der Waals surface area contributed by atoms with Crippen LogP contribution in [0.2, 0.25) is 10.2 Å². The highest BCUT2D eigenvalue weighted by molar-refractivity contribution is 6.30. The fourth-order valence-corrected chi connectivity index (χ4v) is 2.42. The summed E-state index contributed by atoms with van der Waals surface area (Å²) in [7, 11) is 1.84. The lowest BCUT2D eigenvalue weighted by molar-refractivity contribution is 0.472. The van der Waals surface area contributed by atoms with E-state index in [0.717, 1.165) is 11.5 Å². The molecule has 104 valence electrons. The van der Waals surface area contributed by atoms with Crippen LogP contribution in [-0.2, 0) is 7.05 Å². The monoisotopic (exact) mass is 310 g/mol. The number of rotatable bonds is 2. The minimum atomic E-state index is -0.138. The molecule has 3 N–H and O–H groups in total. The molecule has 5 nitrogen and oxygen atoms in total. The van der Waals surface area contributed by atoms with Gasteiger partial charge < -0.3 is 15.1 Å². The maximum atomic E-state index is 9.90. The molecule has 0 aliphatic carbocycles. The molecule has 1 unspecified atom stereocenters. The van der Waals surface area contributed by atoms with Gasteiger partial charge in [-0.2, -0.15) is 0 Å². The first-order chi connectivity index (χ1) is 9.56. The lowest BCUT2D eigenvalue weighted by Gasteiger charge is -2.09. The smallest absolute Gasteiger partial charge is 0.132 e. The average molecular weight is 311 g/mol. The molecule has 0 amide bonds. The van der Waals surface area contributed by atoms with E-state index in [4.69, 9.17) is 23.2 Å². The number of halogens is 2. The number of hydrazine groups is 1. The molecule has 3 rings (SSSR count). The van der Waals surface area contributed by atoms with Crippen LogP contribution < -0.4 is 10.9 Å². The maximum Gasteiger partial charge on any atom is 0.132 e. The van der Waals surface area contributed by atoms with Crippen LogP contribution in [-0.4, -0.2) is 14.7 Å². The number of benzene rings is 1. The summed E-state index contributed by atoms with van der Waals surface area (Å²) in [5.41, 5.74) is 7.48. The second-order valence-electron chi connectivity index (χ2n) is 4.49. The summed E-state index contributed by atoms with van der Waals surface area (Å²) in [4.78, 5) is 4.26. The summed E-state index contributed by atoms with van der Waals surface area (Å²) in [6.07, 6.45) is 3.52. The topological polar surface area (TPSA) is 62.1 Å². The number of nitrogens with zero attached hydrogens (tertiary/aromatic N) is 2. The third-order valence-corrected chi connectivity index (χ3v) is 3.78. The van der Waals surface area contributed by atoms with E-state index in [1.807, 2.05) is 13.1 Å². The molecule has 0 saturated carbocycles. The first-order valence-electron chi connectivity index (χ1n) is 5.95. The lowest BCUT2D eigenvalue weighted by atomic mass is 10.1. The molecule has 1 aliphatic rings. The normalized spacial score (nSPS) is 17.9. The van der Waals surface area contributed by atoms with Crippen LogP contribution in [0.4, 0.5) is 0 Å². The first-order valence-corrected chi connectivity index (χ1v) is 6.71. The number of imidazole rings is 1. The van der Waals surface area contributed by atoms with Gasteiger partial charge in [-0.1, -0.05) is 23.2 Å². The molecule has 1 aromatic carbocycles. The quantitative estimate of drug-likeness (QED) is 0.798. The van der Waals surface area contributed by atoms with Gasteiger partial charge in [0.2, 0.25) is 0 Å². The van der Waals surface area contributed by atoms with E-state index in [9.17, 15) is 5.11 Å². The fourth-order valence-electron chi connectivity index (χ4n) is 2.12. The summed E-state index contributed by atoms with van der Waals surface area (Å²) in [6, 6.07) is 4.76. The molecular weight excluding hydrogens is 299 g/mol. The Bertz CT molecular complexity index is 696. The molecule has 0 saturated heterocycles. The molecule has 2 heterocycles. The zero-order chi connectivity index (χ0) is 14.3. The van der Waals surface area contributed by atoms with Gasteiger partial charge in [0, 0.05) is 17.6 Å². The van der Waals surface area contributed by atoms with Crippen molar-refractivity contribution in [3.05, 3.63) is 52.0 Å². The van der Waals surface area contributed by atoms with Gasteiger partial charge in [-0.3, -0.25) is 0 Å². The highest BCUT2D eigenvalue weighted by atomic mass is 35.5. The Morgan fingerprint density at radius 3 is 2.85 bits per heavy atom. The van der Waals surface area contributed by atoms with Crippen LogP contribution in [0.25, 0.3) is 5.70 Å². The highest BCUT2D eigenvalue weighted by Gasteiger charge is 2.23. The summed E-state index contributed by atoms with van der Waals surface area (Å²) >= 11 is 11.9. The molecule has 0 fully saturated rings. The van der Waals surface area contributed by atoms with Gasteiger partial charge in [0.05, 0.1) is 11.9 Å². The minimum Gasteiger partial charge on any atom is -0.507 e. The largest absolute Gasteiger partial charge is 0.507 e. The Kier molecular flexibility index (Phi) is 3.33. The van der Waals surface area contributed by atoms with Crippen molar-refractivity contribution in [2.24, 2.45) is 7.05 Å². The molecule has 20 heavy (non-hydrogen) atoms. The Morgan fingerprint density at radius 2 is 2.15 bits per heavy atom. The van der Waals surface area contributed by atoms with Gasteiger partial charge in [0.15, 0.2) is 0 Å². The second kappa shape index (κ2) is 5.01. The van der Waals surface area contributed by atoms with E-state index in [-0.39, 0.29) is 11.8 Å². The Morgan fingerprint density at radius 1 is 1.35 bits per heavy atom. The maximum absolute atomic E-state index is 9.90. The molecule has 1 aromatic heterocycles. The van der Waals surface area contributed by atoms with E-state index in [1.165, 1.54) is 0 Å². The number of aromatic nitrogens is 2. The second-order valence-corrected chi connectivity index (χ2v) is 5.31. The highest BCUT2D eigenvalue weighted by Crippen LogP contribution is 2.31. The van der Waals surface area contributed by atoms with E-state index in [0.29, 0.717) is 15.7 Å². The van der Waals surface area contributed by atoms with Crippen LogP contribution in [0.3, 0.4) is 0 Å². The van der Waals surface area contributed by atoms with Crippen molar-refractivity contribution < 1.29 is 5.11 Å². The van der Waals surface area contributed by atoms with Gasteiger partial charge >= 0.3 is 0 Å². The van der Waals surface area contributed by atoms with Crippen LogP contribution in [0.15, 0.2) is 30.5 Å². The zero-order valence-corrected chi connectivity index (χ0v) is 12.1. The first kappa shape index (κ1) is 13.3. The van der Waals surface area contributed by atoms with Gasteiger partial charge in [-0.15, -0.1) is 0 Å². The number of hydrogen-bond acceptors (Lipinski definition) is 4. The molecule has 2 aromatic rings. The third kappa shape index (κ3) is 2.24. The van der Waals surface area contributed by atoms with E-state index in [2.05, 4.69) is 15.8 Å². The minimum absolute atomic E-state index is 0.138. The number of phenols is 1. The molecule has 0 bridgehead atoms. The van der Waals surface area contributed by atoms with Crippen LogP contribution in [0.5, 0.6) is 5.75 Å². The van der Waals surface area contributed by atoms with Crippen LogP contribution >= 0.6 is 23.2 Å². The summed E-state index contributed by atoms with van der Waals surface area (Å²) in [6.45, 7) is 0. The third-order valence-electron chi connectivity index (χ3n) is 3.19. The van der Waals surface area contributed by atoms with Gasteiger partial charge in [0.1, 0.15) is 22.8 Å². The average Bonchev–Trinajstić information content (AvgIpc) is 3.01. The van der Waals surface area contributed by atoms with Crippen molar-refractivity contribution >= 4 is 28.9 Å². The van der Waals surface area contributed by atoms with Crippen molar-refractivity contribution in [2.45, 2.75) is 6.04 Å². The Balaban J connectivity index is 1.95. The summed E-state index contributed by atoms with van der Waals surface area (Å²) in [5, 5.41) is 11.0. The zero-order valence-electron chi connectivity index (χ0n) is 10.6. The summed E-state index contributed by atoms with van der Waals surface area (Å²) in [5.74, 6) is 0.937. The Labute approximate surface area is 125 Å². The Hall–Kier alpha value is -1.69. The van der Waals surface area contributed by atoms with Crippen molar-refractivity contribution in [3.8, 4) is 5.75 Å². The molecule has 0 spiro atoms. The lowest BCUT2D eigenvalue weighted by Crippen LogP contribution is -2.27. The number of nitrogens with one attached hydrogen (secondary N) is 2. The van der Waals surface area contributed by atoms with Crippen LogP contribution in [0.1, 0.15) is 17.4 Å². The molecule has 1 atom stereocenters. The fraction of sp³-hybridized carbons (Fsp3) is 0.154. The predicted molar refractivity (Wildman–Crippen MR) is 78.3 cm³/mol. The van der Waals surface area contributed by atoms with E-state index < -0.39 is 0 Å². The molecule has 0 radical (unpaired) electrons. The predicted octanol–water partition coefficient (Wildman–Crippen LogP) is 2.62. The molecule has 7 heteroatoms. The van der Waals surface area contributed by atoms with Gasteiger partial charge in [-0.05, 0) is 24.3 Å². The molecular formula is C13H12Cl2N4O. The number of phenolic OH excluding ortho intramolecular Hbond substituents is 1. The van der Waals surface area contributed by atoms with Crippen LogP contribution in [0, 0.1) is 0 Å². The van der Waals surface area contributed by atoms with E-state index >= 15 is 0 Å². The van der Waals surface area contributed by atoms with E-state index in [1.54, 1.807) is 29.0 Å². The van der Waals surface area contributed by atoms with Crippen molar-refractivity contribution in [1.82, 2.24) is 20.4 Å². The van der Waals surface area contributed by atoms with Crippen molar-refractivity contribution in [2.75, 3.05) is 0 Å². The number of aromatic hydroxyl groups is 1. The van der Waals surface area contributed by atoms with Crippen molar-refractivity contribution in [3.63, 3.8) is 0 Å². The standard InChI is InChI=1S/C13H12Cl2N4O/c1-19-12(15)6-16-13(19)10-5-9(17-18-10)8-4-7(14)2-3-11(8)20/h2-6,10,17-18,20H,1H3. The SMILES string of the molecule is Cn1c(Cl)cnc1C1C=C(c2cc(Cl)ccc2O)NN1. The summed E-state index contributed by atoms with van der Waals surface area (Å²) < 4.78 is 1.79. The van der Waals surface area contributed by atoms with Gasteiger partial charge in [-0.25, -0.2) is 10.4 Å². The van der Waals surface area contributed by atoms with Gasteiger partial charge in [0.25, 0.3) is 0 Å². The molecule has 1 aliphatic heterocycles. The van der Waals surface area contributed by atoms with Crippen molar-refractivity contribution in [1.29, 1.82) is 0 Å².